The van der Waals surface area contributed by atoms with Crippen molar-refractivity contribution >= 4 is 57.9 Å². The maximum Gasteiger partial charge on any atom is 0.234 e. The molecule has 0 aliphatic rings. The van der Waals surface area contributed by atoms with Crippen LogP contribution in [0.5, 0.6) is 5.75 Å². The number of carbonyl (C=O) groups excluding carboxylic acids is 1. The van der Waals surface area contributed by atoms with Crippen LogP contribution < -0.4 is 10.1 Å². The highest BCUT2D eigenvalue weighted by molar-refractivity contribution is 7.99. The second-order valence-electron chi connectivity index (χ2n) is 6.89. The molecule has 33 heavy (non-hydrogen) atoms. The highest BCUT2D eigenvalue weighted by Crippen LogP contribution is 2.35. The quantitative estimate of drug-likeness (QED) is 0.278. The lowest BCUT2D eigenvalue weighted by Crippen LogP contribution is -2.14. The van der Waals surface area contributed by atoms with E-state index in [0.29, 0.717) is 20.8 Å². The minimum absolute atomic E-state index is 0.175. The van der Waals surface area contributed by atoms with Crippen LogP contribution in [0.4, 0.5) is 5.69 Å². The molecule has 1 N–H and O–H groups in total. The van der Waals surface area contributed by atoms with Crippen molar-refractivity contribution in [2.75, 3.05) is 18.2 Å². The minimum Gasteiger partial charge on any atom is -0.497 e. The Morgan fingerprint density at radius 3 is 2.67 bits per heavy atom. The second-order valence-corrected chi connectivity index (χ2v) is 9.70. The lowest BCUT2D eigenvalue weighted by Gasteiger charge is -2.06. The van der Waals surface area contributed by atoms with Gasteiger partial charge in [0.1, 0.15) is 21.5 Å². The third-order valence-corrected chi connectivity index (χ3v) is 7.43. The number of aryl methyl sites for hydroxylation is 1. The molecule has 0 atom stereocenters. The third-order valence-electron chi connectivity index (χ3n) is 4.54. The van der Waals surface area contributed by atoms with Crippen LogP contribution in [-0.2, 0) is 4.79 Å². The molecule has 168 valence electrons. The van der Waals surface area contributed by atoms with E-state index in [4.69, 9.17) is 27.9 Å². The molecule has 0 spiro atoms. The van der Waals surface area contributed by atoms with Gasteiger partial charge in [0.15, 0.2) is 0 Å². The van der Waals surface area contributed by atoms with E-state index in [1.165, 1.54) is 11.8 Å². The zero-order chi connectivity index (χ0) is 23.4. The molecule has 2 aromatic carbocycles. The summed E-state index contributed by atoms with van der Waals surface area (Å²) in [5.74, 6) is 0.796. The molecule has 4 rings (SSSR count). The number of thioether (sulfide) groups is 1. The van der Waals surface area contributed by atoms with E-state index >= 15 is 0 Å². The molecule has 0 unspecified atom stereocenters. The summed E-state index contributed by atoms with van der Waals surface area (Å²) in [6.07, 6.45) is 0. The number of nitrogens with zero attached hydrogens (tertiary/aromatic N) is 3. The molecule has 0 fully saturated rings. The van der Waals surface area contributed by atoms with Crippen molar-refractivity contribution in [1.29, 1.82) is 0 Å². The number of aromatic nitrogens is 3. The van der Waals surface area contributed by atoms with E-state index in [9.17, 15) is 4.79 Å². The zero-order valence-electron chi connectivity index (χ0n) is 17.6. The first-order valence-corrected chi connectivity index (χ1v) is 12.3. The second kappa shape index (κ2) is 10.5. The number of anilines is 1. The molecule has 0 aliphatic carbocycles. The predicted octanol–water partition coefficient (Wildman–Crippen LogP) is 6.62. The zero-order valence-corrected chi connectivity index (χ0v) is 20.8. The number of thiazole rings is 1. The van der Waals surface area contributed by atoms with Gasteiger partial charge in [0.05, 0.1) is 33.5 Å². The number of hydrogen-bond donors (Lipinski definition) is 1. The number of hydrogen-bond acceptors (Lipinski definition) is 7. The van der Waals surface area contributed by atoms with E-state index in [2.05, 4.69) is 20.5 Å². The standard InChI is InChI=1S/C23H18Cl2N4O2S2/c1-13-22(33-23(26-13)14-4-3-5-16(10-14)31-2)19-8-9-21(29-28-19)32-12-20(30)27-15-6-7-17(24)18(25)11-15/h3-11H,12H2,1-2H3,(H,27,30). The third kappa shape index (κ3) is 5.83. The molecule has 1 amide bonds. The highest BCUT2D eigenvalue weighted by Gasteiger charge is 2.14. The maximum absolute atomic E-state index is 12.2. The Hall–Kier alpha value is -2.65. The number of carbonyl (C=O) groups is 1. The molecule has 6 nitrogen and oxygen atoms in total. The Labute approximate surface area is 209 Å². The van der Waals surface area contributed by atoms with Crippen LogP contribution in [0.15, 0.2) is 59.6 Å². The molecular weight excluding hydrogens is 499 g/mol. The fourth-order valence-electron chi connectivity index (χ4n) is 2.94. The Bertz CT molecular complexity index is 1300. The lowest BCUT2D eigenvalue weighted by molar-refractivity contribution is -0.113. The van der Waals surface area contributed by atoms with Gasteiger partial charge in [-0.15, -0.1) is 21.5 Å². The number of nitrogens with one attached hydrogen (secondary N) is 1. The summed E-state index contributed by atoms with van der Waals surface area (Å²) in [5.41, 5.74) is 3.20. The summed E-state index contributed by atoms with van der Waals surface area (Å²) < 4.78 is 5.31. The summed E-state index contributed by atoms with van der Waals surface area (Å²) in [7, 11) is 1.64. The van der Waals surface area contributed by atoms with Gasteiger partial charge >= 0.3 is 0 Å². The number of halogens is 2. The summed E-state index contributed by atoms with van der Waals surface area (Å²) >= 11 is 14.7. The smallest absolute Gasteiger partial charge is 0.234 e. The van der Waals surface area contributed by atoms with Gasteiger partial charge in [-0.1, -0.05) is 47.1 Å². The van der Waals surface area contributed by atoms with Crippen LogP contribution in [-0.4, -0.2) is 34.0 Å². The topological polar surface area (TPSA) is 77.0 Å². The van der Waals surface area contributed by atoms with E-state index < -0.39 is 0 Å². The molecule has 0 aliphatic heterocycles. The molecule has 2 aromatic heterocycles. The summed E-state index contributed by atoms with van der Waals surface area (Å²) in [6, 6.07) is 16.5. The first-order valence-electron chi connectivity index (χ1n) is 9.76. The van der Waals surface area contributed by atoms with Gasteiger partial charge in [0, 0.05) is 11.3 Å². The average Bonchev–Trinajstić information content (AvgIpc) is 3.22. The molecular formula is C23H18Cl2N4O2S2. The van der Waals surface area contributed by atoms with Crippen LogP contribution >= 0.6 is 46.3 Å². The van der Waals surface area contributed by atoms with Crippen molar-refractivity contribution in [1.82, 2.24) is 15.2 Å². The van der Waals surface area contributed by atoms with Gasteiger partial charge in [-0.2, -0.15) is 0 Å². The predicted molar refractivity (Wildman–Crippen MR) is 136 cm³/mol. The Morgan fingerprint density at radius 2 is 1.94 bits per heavy atom. The van der Waals surface area contributed by atoms with Gasteiger partial charge in [0.25, 0.3) is 0 Å². The van der Waals surface area contributed by atoms with Gasteiger partial charge < -0.3 is 10.1 Å². The van der Waals surface area contributed by atoms with E-state index in [0.717, 1.165) is 32.6 Å². The Balaban J connectivity index is 1.40. The first-order chi connectivity index (χ1) is 15.9. The number of amides is 1. The molecule has 0 bridgehead atoms. The summed E-state index contributed by atoms with van der Waals surface area (Å²) in [6.45, 7) is 1.95. The van der Waals surface area contributed by atoms with Gasteiger partial charge in [0.2, 0.25) is 5.91 Å². The fraction of sp³-hybridized carbons (Fsp3) is 0.130. The van der Waals surface area contributed by atoms with E-state index in [1.54, 1.807) is 36.6 Å². The van der Waals surface area contributed by atoms with Crippen molar-refractivity contribution in [3.05, 3.63) is 70.3 Å². The first kappa shape index (κ1) is 23.5. The maximum atomic E-state index is 12.2. The number of rotatable bonds is 7. The summed E-state index contributed by atoms with van der Waals surface area (Å²) in [4.78, 5) is 17.9. The van der Waals surface area contributed by atoms with Crippen molar-refractivity contribution < 1.29 is 9.53 Å². The molecule has 4 aromatic rings. The minimum atomic E-state index is -0.175. The largest absolute Gasteiger partial charge is 0.497 e. The molecule has 2 heterocycles. The van der Waals surface area contributed by atoms with Crippen molar-refractivity contribution in [3.63, 3.8) is 0 Å². The summed E-state index contributed by atoms with van der Waals surface area (Å²) in [5, 5.41) is 13.8. The molecule has 0 saturated carbocycles. The van der Waals surface area contributed by atoms with Crippen LogP contribution in [0, 0.1) is 6.92 Å². The van der Waals surface area contributed by atoms with Crippen LogP contribution in [0.1, 0.15) is 5.69 Å². The van der Waals surface area contributed by atoms with Gasteiger partial charge in [-0.05, 0) is 49.4 Å². The van der Waals surface area contributed by atoms with E-state index in [-0.39, 0.29) is 11.7 Å². The molecule has 10 heteroatoms. The van der Waals surface area contributed by atoms with Crippen molar-refractivity contribution in [2.24, 2.45) is 0 Å². The fourth-order valence-corrected chi connectivity index (χ4v) is 4.88. The lowest BCUT2D eigenvalue weighted by atomic mass is 10.2. The van der Waals surface area contributed by atoms with Crippen LogP contribution in [0.25, 0.3) is 21.1 Å². The van der Waals surface area contributed by atoms with Gasteiger partial charge in [-0.3, -0.25) is 4.79 Å². The molecule has 0 radical (unpaired) electrons. The van der Waals surface area contributed by atoms with Crippen molar-refractivity contribution in [2.45, 2.75) is 11.9 Å². The Kier molecular flexibility index (Phi) is 7.49. The van der Waals surface area contributed by atoms with Crippen molar-refractivity contribution in [3.8, 4) is 26.9 Å². The average molecular weight is 517 g/mol. The highest BCUT2D eigenvalue weighted by atomic mass is 35.5. The monoisotopic (exact) mass is 516 g/mol. The number of methoxy groups -OCH3 is 1. The Morgan fingerprint density at radius 1 is 1.09 bits per heavy atom. The van der Waals surface area contributed by atoms with Crippen LogP contribution in [0.3, 0.4) is 0 Å². The van der Waals surface area contributed by atoms with Gasteiger partial charge in [-0.25, -0.2) is 4.98 Å². The number of ether oxygens (including phenoxy) is 1. The number of benzene rings is 2. The van der Waals surface area contributed by atoms with E-state index in [1.807, 2.05) is 43.3 Å². The SMILES string of the molecule is COc1cccc(-c2nc(C)c(-c3ccc(SCC(=O)Nc4ccc(Cl)c(Cl)c4)nn3)s2)c1. The van der Waals surface area contributed by atoms with Crippen LogP contribution in [0.2, 0.25) is 10.0 Å². The normalized spacial score (nSPS) is 10.8. The molecule has 0 saturated heterocycles.